The number of carboxylic acid groups (broad SMARTS) is 1. The first-order chi connectivity index (χ1) is 11.0. The Labute approximate surface area is 132 Å². The molecule has 0 aliphatic carbocycles. The fourth-order valence-corrected chi connectivity index (χ4v) is 1.98. The molecule has 0 heterocycles. The first-order valence-electron chi connectivity index (χ1n) is 7.02. The largest absolute Gasteiger partial charge is 0.478 e. The minimum absolute atomic E-state index is 0.147. The summed E-state index contributed by atoms with van der Waals surface area (Å²) in [6, 6.07) is 11.1. The van der Waals surface area contributed by atoms with E-state index in [-0.39, 0.29) is 11.3 Å². The second-order valence-corrected chi connectivity index (χ2v) is 4.73. The van der Waals surface area contributed by atoms with Gasteiger partial charge >= 0.3 is 5.97 Å². The van der Waals surface area contributed by atoms with Gasteiger partial charge < -0.3 is 15.2 Å². The lowest BCUT2D eigenvalue weighted by Crippen LogP contribution is -2.32. The summed E-state index contributed by atoms with van der Waals surface area (Å²) in [4.78, 5) is 23.2. The normalized spacial score (nSPS) is 11.7. The zero-order valence-electron chi connectivity index (χ0n) is 12.5. The number of ketones is 1. The highest BCUT2D eigenvalue weighted by atomic mass is 19.1. The molecule has 1 atom stereocenters. The molecule has 0 fully saturated rings. The molecule has 2 N–H and O–H groups in total. The van der Waals surface area contributed by atoms with Crippen molar-refractivity contribution in [1.29, 1.82) is 0 Å². The number of Topliss-reactive ketones (excluding diaryl/α,β-unsaturated/α-hetero) is 1. The lowest BCUT2D eigenvalue weighted by atomic mass is 10.1. The highest BCUT2D eigenvalue weighted by molar-refractivity contribution is 6.00. The van der Waals surface area contributed by atoms with Gasteiger partial charge in [0.2, 0.25) is 5.78 Å². The fraction of sp³-hybridized carbons (Fsp3) is 0.176. The molecule has 5 nitrogen and oxygen atoms in total. The molecular formula is C17H16FNO4. The Bertz CT molecular complexity index is 683. The standard InChI is InChI=1S/C17H16FNO4/c1-2-23-16(15(20)11-3-7-13(18)8-4-11)19-14-9-5-12(6-10-14)17(21)22/h3-10,16,19H,2H2,1H3,(H,21,22). The van der Waals surface area contributed by atoms with E-state index in [2.05, 4.69) is 5.32 Å². The van der Waals surface area contributed by atoms with Crippen LogP contribution in [-0.2, 0) is 4.74 Å². The van der Waals surface area contributed by atoms with Gasteiger partial charge in [0.05, 0.1) is 5.56 Å². The molecule has 0 bridgehead atoms. The Morgan fingerprint density at radius 2 is 1.65 bits per heavy atom. The maximum Gasteiger partial charge on any atom is 0.335 e. The monoisotopic (exact) mass is 317 g/mol. The quantitative estimate of drug-likeness (QED) is 0.606. The molecule has 0 saturated carbocycles. The summed E-state index contributed by atoms with van der Waals surface area (Å²) in [5.74, 6) is -1.79. The zero-order chi connectivity index (χ0) is 16.8. The van der Waals surface area contributed by atoms with Crippen LogP contribution in [0.25, 0.3) is 0 Å². The van der Waals surface area contributed by atoms with E-state index in [0.717, 1.165) is 0 Å². The van der Waals surface area contributed by atoms with E-state index in [1.165, 1.54) is 36.4 Å². The summed E-state index contributed by atoms with van der Waals surface area (Å²) in [5.41, 5.74) is 1.01. The molecule has 1 unspecified atom stereocenters. The number of aromatic carboxylic acids is 1. The number of carbonyl (C=O) groups is 2. The van der Waals surface area contributed by atoms with Crippen LogP contribution < -0.4 is 5.32 Å². The van der Waals surface area contributed by atoms with E-state index >= 15 is 0 Å². The van der Waals surface area contributed by atoms with Crippen LogP contribution in [0.4, 0.5) is 10.1 Å². The van der Waals surface area contributed by atoms with Gasteiger partial charge in [-0.2, -0.15) is 0 Å². The molecule has 120 valence electrons. The van der Waals surface area contributed by atoms with Gasteiger partial charge in [0.1, 0.15) is 5.82 Å². The maximum atomic E-state index is 12.9. The predicted octanol–water partition coefficient (Wildman–Crippen LogP) is 3.18. The second-order valence-electron chi connectivity index (χ2n) is 4.73. The SMILES string of the molecule is CCOC(Nc1ccc(C(=O)O)cc1)C(=O)c1ccc(F)cc1. The van der Waals surface area contributed by atoms with Crippen LogP contribution in [0.1, 0.15) is 27.6 Å². The van der Waals surface area contributed by atoms with E-state index in [9.17, 15) is 14.0 Å². The molecule has 0 aliphatic rings. The van der Waals surface area contributed by atoms with Crippen molar-refractivity contribution in [3.05, 3.63) is 65.5 Å². The van der Waals surface area contributed by atoms with Crippen molar-refractivity contribution in [1.82, 2.24) is 0 Å². The number of hydrogen-bond donors (Lipinski definition) is 2. The smallest absolute Gasteiger partial charge is 0.335 e. The van der Waals surface area contributed by atoms with E-state index in [1.54, 1.807) is 19.1 Å². The first-order valence-corrected chi connectivity index (χ1v) is 7.02. The zero-order valence-corrected chi connectivity index (χ0v) is 12.5. The number of anilines is 1. The lowest BCUT2D eigenvalue weighted by Gasteiger charge is -2.19. The van der Waals surface area contributed by atoms with E-state index in [0.29, 0.717) is 17.9 Å². The summed E-state index contributed by atoms with van der Waals surface area (Å²) < 4.78 is 18.3. The third kappa shape index (κ3) is 4.37. The van der Waals surface area contributed by atoms with E-state index < -0.39 is 18.0 Å². The maximum absolute atomic E-state index is 12.9. The van der Waals surface area contributed by atoms with Crippen molar-refractivity contribution in [3.63, 3.8) is 0 Å². The molecule has 6 heteroatoms. The highest BCUT2D eigenvalue weighted by Crippen LogP contribution is 2.14. The Kier molecular flexibility index (Phi) is 5.43. The Balaban J connectivity index is 2.15. The van der Waals surface area contributed by atoms with Gasteiger partial charge in [-0.1, -0.05) is 0 Å². The summed E-state index contributed by atoms with van der Waals surface area (Å²) in [7, 11) is 0. The Hall–Kier alpha value is -2.73. The minimum Gasteiger partial charge on any atom is -0.478 e. The van der Waals surface area contributed by atoms with Crippen molar-refractivity contribution in [2.45, 2.75) is 13.2 Å². The van der Waals surface area contributed by atoms with Gasteiger partial charge in [-0.25, -0.2) is 9.18 Å². The van der Waals surface area contributed by atoms with Gasteiger partial charge in [0.15, 0.2) is 6.23 Å². The summed E-state index contributed by atoms with van der Waals surface area (Å²) >= 11 is 0. The average Bonchev–Trinajstić information content (AvgIpc) is 2.55. The minimum atomic E-state index is -1.03. The molecule has 2 rings (SSSR count). The molecule has 23 heavy (non-hydrogen) atoms. The highest BCUT2D eigenvalue weighted by Gasteiger charge is 2.20. The molecule has 0 amide bonds. The number of carbonyl (C=O) groups excluding carboxylic acids is 1. The van der Waals surface area contributed by atoms with Crippen LogP contribution >= 0.6 is 0 Å². The van der Waals surface area contributed by atoms with E-state index in [4.69, 9.17) is 9.84 Å². The van der Waals surface area contributed by atoms with Gasteiger partial charge in [-0.15, -0.1) is 0 Å². The number of nitrogens with one attached hydrogen (secondary N) is 1. The van der Waals surface area contributed by atoms with Crippen LogP contribution in [0.15, 0.2) is 48.5 Å². The molecule has 0 spiro atoms. The lowest BCUT2D eigenvalue weighted by molar-refractivity contribution is 0.0549. The molecular weight excluding hydrogens is 301 g/mol. The average molecular weight is 317 g/mol. The van der Waals surface area contributed by atoms with Crippen LogP contribution in [0.2, 0.25) is 0 Å². The summed E-state index contributed by atoms with van der Waals surface area (Å²) in [5, 5.41) is 11.8. The van der Waals surface area contributed by atoms with Crippen molar-refractivity contribution in [2.24, 2.45) is 0 Å². The van der Waals surface area contributed by atoms with Crippen molar-refractivity contribution in [3.8, 4) is 0 Å². The predicted molar refractivity (Wildman–Crippen MR) is 83.2 cm³/mol. The molecule has 2 aromatic rings. The van der Waals surface area contributed by atoms with Crippen molar-refractivity contribution in [2.75, 3.05) is 11.9 Å². The second kappa shape index (κ2) is 7.51. The fourth-order valence-electron chi connectivity index (χ4n) is 1.98. The third-order valence-corrected chi connectivity index (χ3v) is 3.13. The van der Waals surface area contributed by atoms with Crippen LogP contribution in [0, 0.1) is 5.82 Å². The molecule has 0 radical (unpaired) electrons. The van der Waals surface area contributed by atoms with Gasteiger partial charge in [-0.05, 0) is 55.5 Å². The number of halogens is 1. The van der Waals surface area contributed by atoms with E-state index in [1.807, 2.05) is 0 Å². The summed E-state index contributed by atoms with van der Waals surface area (Å²) in [6.07, 6.45) is -0.943. The van der Waals surface area contributed by atoms with Gasteiger partial charge in [0.25, 0.3) is 0 Å². The number of rotatable bonds is 7. The molecule has 0 saturated heterocycles. The van der Waals surface area contributed by atoms with Crippen LogP contribution in [0.3, 0.4) is 0 Å². The van der Waals surface area contributed by atoms with Gasteiger partial charge in [-0.3, -0.25) is 4.79 Å². The molecule has 0 aromatic heterocycles. The topological polar surface area (TPSA) is 75.6 Å². The van der Waals surface area contributed by atoms with Gasteiger partial charge in [0, 0.05) is 17.9 Å². The summed E-state index contributed by atoms with van der Waals surface area (Å²) in [6.45, 7) is 2.05. The number of hydrogen-bond acceptors (Lipinski definition) is 4. The first kappa shape index (κ1) is 16.6. The molecule has 0 aliphatic heterocycles. The number of benzene rings is 2. The third-order valence-electron chi connectivity index (χ3n) is 3.13. The van der Waals surface area contributed by atoms with Crippen molar-refractivity contribution < 1.29 is 23.8 Å². The van der Waals surface area contributed by atoms with Crippen LogP contribution in [0.5, 0.6) is 0 Å². The molecule has 2 aromatic carbocycles. The number of carboxylic acids is 1. The van der Waals surface area contributed by atoms with Crippen LogP contribution in [-0.4, -0.2) is 29.7 Å². The number of ether oxygens (including phenoxy) is 1. The Morgan fingerprint density at radius 3 is 2.17 bits per heavy atom. The van der Waals surface area contributed by atoms with Crippen molar-refractivity contribution >= 4 is 17.4 Å². The Morgan fingerprint density at radius 1 is 1.09 bits per heavy atom.